The summed E-state index contributed by atoms with van der Waals surface area (Å²) in [7, 11) is 5.90. The third-order valence-electron chi connectivity index (χ3n) is 12.5. The third kappa shape index (κ3) is 62.1. The number of carboxylic acids is 1. The van der Waals surface area contributed by atoms with E-state index in [9.17, 15) is 19.5 Å². The van der Waals surface area contributed by atoms with Gasteiger partial charge in [-0.05, 0) is 128 Å². The van der Waals surface area contributed by atoms with E-state index in [1.54, 1.807) is 0 Å². The third-order valence-corrected chi connectivity index (χ3v) is 12.5. The lowest BCUT2D eigenvalue weighted by Crippen LogP contribution is -2.44. The molecule has 0 radical (unpaired) electrons. The highest BCUT2D eigenvalue weighted by Crippen LogP contribution is 2.14. The molecular formula is C72H113NO8. The second-order valence-electron chi connectivity index (χ2n) is 21.2. The number of ether oxygens (including phenoxy) is 4. The van der Waals surface area contributed by atoms with Crippen LogP contribution in [0.25, 0.3) is 0 Å². The monoisotopic (exact) mass is 1120 g/mol. The molecule has 0 spiro atoms. The first-order valence-electron chi connectivity index (χ1n) is 31.3. The van der Waals surface area contributed by atoms with Crippen LogP contribution in [0.3, 0.4) is 0 Å². The predicted molar refractivity (Wildman–Crippen MR) is 342 cm³/mol. The van der Waals surface area contributed by atoms with E-state index in [0.717, 1.165) is 135 Å². The SMILES string of the molecule is CC/C=C\C/C=C\C/C=C\C/C=C\C/C=C\C/C=C\C/C=C\CCCCCCCCCCCC(=O)OC(COC(=O)CCCCC/C=C\C/C=C\C/C=C\C/C=C\C/C=C\C/C=C\C/C=C\CC)COC(OCC[N+](C)(C)C)C(=O)[O-]. The second-order valence-corrected chi connectivity index (χ2v) is 21.2. The molecule has 0 aliphatic rings. The number of aliphatic carboxylic acids is 1. The normalized spacial score (nSPS) is 13.9. The van der Waals surface area contributed by atoms with Gasteiger partial charge < -0.3 is 33.3 Å². The van der Waals surface area contributed by atoms with E-state index in [1.807, 2.05) is 21.1 Å². The Morgan fingerprint density at radius 1 is 0.370 bits per heavy atom. The van der Waals surface area contributed by atoms with E-state index in [2.05, 4.69) is 184 Å². The van der Waals surface area contributed by atoms with Crippen LogP contribution >= 0.6 is 0 Å². The van der Waals surface area contributed by atoms with Gasteiger partial charge in [-0.3, -0.25) is 9.59 Å². The van der Waals surface area contributed by atoms with Crippen LogP contribution in [-0.2, 0) is 33.3 Å². The standard InChI is InChI=1S/C72H113NO8/c1-6-8-10-12-14-16-18-20-22-24-26-28-30-32-33-34-35-36-37-39-41-43-45-47-49-51-53-55-57-59-61-63-70(75)81-68(67-80-72(71(76)77)78-65-64-73(3,4)5)66-79-69(74)62-60-58-56-54-52-50-48-46-44-42-40-38-31-29-27-25-23-21-19-17-15-13-11-9-7-2/h8-11,14-17,20-23,26-29,32-33,35-36,38-41,44,46,50,52,68,72H,6-7,12-13,18-19,24-25,30-31,34,37,42-43,45,47-49,51,53-67H2,1-5H3/b10-8-,11-9-,16-14-,17-15-,22-20-,23-21-,28-26-,29-27-,33-32-,36-35-,40-38-,41-39-,46-44-,52-50-. The molecule has 2 atom stereocenters. The van der Waals surface area contributed by atoms with E-state index in [1.165, 1.54) is 32.1 Å². The number of unbranched alkanes of at least 4 members (excludes halogenated alkanes) is 12. The second kappa shape index (κ2) is 60.7. The average molecular weight is 1120 g/mol. The number of esters is 2. The van der Waals surface area contributed by atoms with Gasteiger partial charge in [0.25, 0.3) is 0 Å². The number of hydrogen-bond acceptors (Lipinski definition) is 8. The van der Waals surface area contributed by atoms with Crippen molar-refractivity contribution in [1.82, 2.24) is 0 Å². The lowest BCUT2D eigenvalue weighted by Gasteiger charge is -2.26. The summed E-state index contributed by atoms with van der Waals surface area (Å²) in [6.45, 7) is 4.44. The van der Waals surface area contributed by atoms with Gasteiger partial charge in [0.05, 0.1) is 40.3 Å². The minimum atomic E-state index is -1.64. The maximum atomic E-state index is 12.9. The molecule has 0 aliphatic carbocycles. The number of carbonyl (C=O) groups is 3. The van der Waals surface area contributed by atoms with Gasteiger partial charge in [-0.1, -0.05) is 235 Å². The Kier molecular flexibility index (Phi) is 56.7. The molecule has 0 aliphatic heterocycles. The van der Waals surface area contributed by atoms with Crippen molar-refractivity contribution in [2.24, 2.45) is 0 Å². The average Bonchev–Trinajstić information content (AvgIpc) is 3.44. The first-order chi connectivity index (χ1) is 39.6. The smallest absolute Gasteiger partial charge is 0.306 e. The van der Waals surface area contributed by atoms with E-state index in [4.69, 9.17) is 18.9 Å². The molecule has 0 bridgehead atoms. The number of likely N-dealkylation sites (N-methyl/N-ethyl adjacent to an activating group) is 1. The number of rotatable bonds is 55. The summed E-state index contributed by atoms with van der Waals surface area (Å²) in [5, 5.41) is 11.8. The summed E-state index contributed by atoms with van der Waals surface area (Å²) in [6.07, 6.45) is 88.3. The van der Waals surface area contributed by atoms with Gasteiger partial charge in [-0.25, -0.2) is 0 Å². The Morgan fingerprint density at radius 2 is 0.667 bits per heavy atom. The highest BCUT2D eigenvalue weighted by atomic mass is 16.7. The summed E-state index contributed by atoms with van der Waals surface area (Å²) >= 11 is 0. The van der Waals surface area contributed by atoms with Crippen LogP contribution < -0.4 is 5.11 Å². The van der Waals surface area contributed by atoms with Gasteiger partial charge >= 0.3 is 11.9 Å². The molecule has 9 nitrogen and oxygen atoms in total. The molecule has 0 rings (SSSR count). The van der Waals surface area contributed by atoms with Crippen molar-refractivity contribution in [2.75, 3.05) is 47.5 Å². The maximum absolute atomic E-state index is 12.9. The van der Waals surface area contributed by atoms with Crippen molar-refractivity contribution < 1.29 is 42.9 Å². The highest BCUT2D eigenvalue weighted by molar-refractivity contribution is 5.70. The predicted octanol–water partition coefficient (Wildman–Crippen LogP) is 17.8. The minimum absolute atomic E-state index is 0.130. The first-order valence-corrected chi connectivity index (χ1v) is 31.3. The van der Waals surface area contributed by atoms with E-state index < -0.39 is 30.3 Å². The lowest BCUT2D eigenvalue weighted by atomic mass is 10.1. The van der Waals surface area contributed by atoms with Gasteiger partial charge in [0.15, 0.2) is 12.4 Å². The number of quaternary nitrogens is 1. The quantitative estimate of drug-likeness (QED) is 0.0195. The zero-order valence-electron chi connectivity index (χ0n) is 51.6. The zero-order chi connectivity index (χ0) is 59.1. The molecule has 0 heterocycles. The van der Waals surface area contributed by atoms with Crippen LogP contribution in [-0.4, -0.2) is 82.3 Å². The molecule has 2 unspecified atom stereocenters. The molecule has 81 heavy (non-hydrogen) atoms. The Labute approximate surface area is 495 Å². The molecule has 0 saturated carbocycles. The number of carboxylic acid groups (broad SMARTS) is 1. The largest absolute Gasteiger partial charge is 0.545 e. The molecule has 0 aromatic carbocycles. The lowest BCUT2D eigenvalue weighted by molar-refractivity contribution is -0.870. The molecule has 454 valence electrons. The summed E-state index contributed by atoms with van der Waals surface area (Å²) < 4.78 is 22.7. The van der Waals surface area contributed by atoms with Gasteiger partial charge in [0.2, 0.25) is 0 Å². The number of nitrogens with zero attached hydrogens (tertiary/aromatic N) is 1. The number of allylic oxidation sites excluding steroid dienone is 28. The zero-order valence-corrected chi connectivity index (χ0v) is 51.6. The Hall–Kier alpha value is -5.35. The fourth-order valence-electron chi connectivity index (χ4n) is 7.73. The topological polar surface area (TPSA) is 111 Å². The first kappa shape index (κ1) is 75.7. The van der Waals surface area contributed by atoms with Crippen molar-refractivity contribution in [1.29, 1.82) is 0 Å². The van der Waals surface area contributed by atoms with Crippen molar-refractivity contribution in [3.8, 4) is 0 Å². The number of hydrogen-bond donors (Lipinski definition) is 0. The summed E-state index contributed by atoms with van der Waals surface area (Å²) in [6, 6.07) is 0. The summed E-state index contributed by atoms with van der Waals surface area (Å²) in [5.74, 6) is -2.36. The minimum Gasteiger partial charge on any atom is -0.545 e. The molecular weight excluding hydrogens is 1010 g/mol. The van der Waals surface area contributed by atoms with Crippen molar-refractivity contribution in [3.63, 3.8) is 0 Å². The fourth-order valence-corrected chi connectivity index (χ4v) is 7.73. The van der Waals surface area contributed by atoms with Gasteiger partial charge in [-0.15, -0.1) is 0 Å². The van der Waals surface area contributed by atoms with E-state index in [-0.39, 0.29) is 32.7 Å². The van der Waals surface area contributed by atoms with Crippen LogP contribution in [0.1, 0.15) is 206 Å². The molecule has 0 aromatic heterocycles. The Morgan fingerprint density at radius 3 is 1.00 bits per heavy atom. The molecule has 9 heteroatoms. The van der Waals surface area contributed by atoms with Gasteiger partial charge in [0.1, 0.15) is 13.2 Å². The van der Waals surface area contributed by atoms with Crippen molar-refractivity contribution in [2.45, 2.75) is 219 Å². The van der Waals surface area contributed by atoms with Crippen LogP contribution in [0.2, 0.25) is 0 Å². The van der Waals surface area contributed by atoms with Crippen LogP contribution in [0.4, 0.5) is 0 Å². The maximum Gasteiger partial charge on any atom is 0.306 e. The summed E-state index contributed by atoms with van der Waals surface area (Å²) in [5.41, 5.74) is 0. The molecule has 0 N–H and O–H groups in total. The van der Waals surface area contributed by atoms with Crippen LogP contribution in [0.15, 0.2) is 170 Å². The number of carbonyl (C=O) groups excluding carboxylic acids is 3. The van der Waals surface area contributed by atoms with Crippen molar-refractivity contribution in [3.05, 3.63) is 170 Å². The highest BCUT2D eigenvalue weighted by Gasteiger charge is 2.22. The van der Waals surface area contributed by atoms with Crippen molar-refractivity contribution >= 4 is 17.9 Å². The Balaban J connectivity index is 4.33. The van der Waals surface area contributed by atoms with Gasteiger partial charge in [-0.2, -0.15) is 0 Å². The van der Waals surface area contributed by atoms with E-state index >= 15 is 0 Å². The van der Waals surface area contributed by atoms with Crippen LogP contribution in [0, 0.1) is 0 Å². The Bertz CT molecular complexity index is 1930. The van der Waals surface area contributed by atoms with Gasteiger partial charge in [0, 0.05) is 12.8 Å². The fraction of sp³-hybridized carbons (Fsp3) is 0.569. The molecule has 0 aromatic rings. The molecule has 0 fully saturated rings. The van der Waals surface area contributed by atoms with Crippen LogP contribution in [0.5, 0.6) is 0 Å². The van der Waals surface area contributed by atoms with E-state index in [0.29, 0.717) is 23.9 Å². The molecule has 0 amide bonds. The summed E-state index contributed by atoms with van der Waals surface area (Å²) in [4.78, 5) is 37.4. The molecule has 0 saturated heterocycles.